The summed E-state index contributed by atoms with van der Waals surface area (Å²) in [6.45, 7) is 5.42. The Bertz CT molecular complexity index is 292. The van der Waals surface area contributed by atoms with Gasteiger partial charge in [-0.15, -0.1) is 0 Å². The van der Waals surface area contributed by atoms with Crippen LogP contribution in [0.1, 0.15) is 65.2 Å². The van der Waals surface area contributed by atoms with Gasteiger partial charge in [-0.05, 0) is 12.8 Å². The van der Waals surface area contributed by atoms with E-state index in [0.717, 1.165) is 12.8 Å². The van der Waals surface area contributed by atoms with Crippen molar-refractivity contribution in [2.45, 2.75) is 71.3 Å². The van der Waals surface area contributed by atoms with Crippen LogP contribution in [0.4, 0.5) is 0 Å². The number of nitrogens with zero attached hydrogens (tertiary/aromatic N) is 1. The van der Waals surface area contributed by atoms with Crippen LogP contribution in [0.25, 0.3) is 0 Å². The standard InChI is InChI=1S/C15H28N2O2/c1-3-5-6-7-8-9-10-14(18)17-12-11-16-15(19)13(17)4-2/h13H,3-12H2,1-2H3,(H,16,19). The van der Waals surface area contributed by atoms with Crippen LogP contribution in [0.2, 0.25) is 0 Å². The Morgan fingerprint density at radius 1 is 1.21 bits per heavy atom. The Morgan fingerprint density at radius 3 is 2.58 bits per heavy atom. The largest absolute Gasteiger partial charge is 0.353 e. The Morgan fingerprint density at radius 2 is 1.89 bits per heavy atom. The van der Waals surface area contributed by atoms with Gasteiger partial charge in [-0.3, -0.25) is 9.59 Å². The minimum absolute atomic E-state index is 0.00467. The summed E-state index contributed by atoms with van der Waals surface area (Å²) in [5, 5.41) is 2.83. The van der Waals surface area contributed by atoms with Crippen molar-refractivity contribution in [3.63, 3.8) is 0 Å². The Balaban J connectivity index is 2.25. The number of nitrogens with one attached hydrogen (secondary N) is 1. The number of carbonyl (C=O) groups excluding carboxylic acids is 2. The van der Waals surface area contributed by atoms with Gasteiger partial charge in [0.1, 0.15) is 6.04 Å². The highest BCUT2D eigenvalue weighted by Gasteiger charge is 2.30. The van der Waals surface area contributed by atoms with Gasteiger partial charge in [0, 0.05) is 19.5 Å². The van der Waals surface area contributed by atoms with Crippen molar-refractivity contribution < 1.29 is 9.59 Å². The molecular formula is C15H28N2O2. The fraction of sp³-hybridized carbons (Fsp3) is 0.867. The SMILES string of the molecule is CCCCCCCCC(=O)N1CCNC(=O)C1CC. The van der Waals surface area contributed by atoms with E-state index in [1.54, 1.807) is 4.90 Å². The third-order valence-corrected chi connectivity index (χ3v) is 3.78. The van der Waals surface area contributed by atoms with Crippen molar-refractivity contribution in [3.8, 4) is 0 Å². The number of carbonyl (C=O) groups is 2. The van der Waals surface area contributed by atoms with E-state index in [-0.39, 0.29) is 17.9 Å². The second-order valence-corrected chi connectivity index (χ2v) is 5.32. The molecule has 4 nitrogen and oxygen atoms in total. The first-order valence-corrected chi connectivity index (χ1v) is 7.77. The van der Waals surface area contributed by atoms with Gasteiger partial charge < -0.3 is 10.2 Å². The van der Waals surface area contributed by atoms with Gasteiger partial charge in [0.15, 0.2) is 0 Å². The number of hydrogen-bond acceptors (Lipinski definition) is 2. The summed E-state index contributed by atoms with van der Waals surface area (Å²) >= 11 is 0. The lowest BCUT2D eigenvalue weighted by Gasteiger charge is -2.34. The second-order valence-electron chi connectivity index (χ2n) is 5.32. The van der Waals surface area contributed by atoms with Crippen LogP contribution in [-0.4, -0.2) is 35.8 Å². The summed E-state index contributed by atoms with van der Waals surface area (Å²) in [4.78, 5) is 25.6. The highest BCUT2D eigenvalue weighted by molar-refractivity contribution is 5.88. The van der Waals surface area contributed by atoms with E-state index < -0.39 is 0 Å². The molecule has 19 heavy (non-hydrogen) atoms. The fourth-order valence-corrected chi connectivity index (χ4v) is 2.62. The smallest absolute Gasteiger partial charge is 0.242 e. The molecule has 1 atom stereocenters. The minimum Gasteiger partial charge on any atom is -0.353 e. The van der Waals surface area contributed by atoms with Crippen LogP contribution >= 0.6 is 0 Å². The molecule has 0 radical (unpaired) electrons. The maximum absolute atomic E-state index is 12.1. The van der Waals surface area contributed by atoms with Crippen LogP contribution in [-0.2, 0) is 9.59 Å². The minimum atomic E-state index is -0.249. The van der Waals surface area contributed by atoms with Crippen LogP contribution < -0.4 is 5.32 Å². The van der Waals surface area contributed by atoms with Gasteiger partial charge >= 0.3 is 0 Å². The van der Waals surface area contributed by atoms with Gasteiger partial charge in [-0.25, -0.2) is 0 Å². The first kappa shape index (κ1) is 16.0. The van der Waals surface area contributed by atoms with Gasteiger partial charge in [-0.2, -0.15) is 0 Å². The summed E-state index contributed by atoms with van der Waals surface area (Å²) in [5.41, 5.74) is 0. The van der Waals surface area contributed by atoms with Crippen molar-refractivity contribution in [1.82, 2.24) is 10.2 Å². The Kier molecular flexibility index (Phi) is 7.53. The monoisotopic (exact) mass is 268 g/mol. The average Bonchev–Trinajstić information content (AvgIpc) is 2.42. The summed E-state index contributed by atoms with van der Waals surface area (Å²) in [7, 11) is 0. The average molecular weight is 268 g/mol. The number of piperazine rings is 1. The highest BCUT2D eigenvalue weighted by Crippen LogP contribution is 2.13. The molecule has 0 aromatic heterocycles. The summed E-state index contributed by atoms with van der Waals surface area (Å²) in [5.74, 6) is 0.155. The van der Waals surface area contributed by atoms with E-state index in [1.165, 1.54) is 25.7 Å². The molecule has 0 aromatic carbocycles. The van der Waals surface area contributed by atoms with Gasteiger partial charge in [0.2, 0.25) is 11.8 Å². The molecule has 0 aliphatic carbocycles. The molecule has 0 saturated carbocycles. The van der Waals surface area contributed by atoms with Crippen LogP contribution in [0.5, 0.6) is 0 Å². The van der Waals surface area contributed by atoms with Gasteiger partial charge in [-0.1, -0.05) is 46.0 Å². The molecule has 0 aromatic rings. The van der Waals surface area contributed by atoms with E-state index in [9.17, 15) is 9.59 Å². The van der Waals surface area contributed by atoms with Crippen LogP contribution in [0, 0.1) is 0 Å². The molecule has 1 saturated heterocycles. The molecule has 1 unspecified atom stereocenters. The maximum Gasteiger partial charge on any atom is 0.242 e. The molecule has 110 valence electrons. The third kappa shape index (κ3) is 5.21. The molecule has 1 aliphatic heterocycles. The van der Waals surface area contributed by atoms with Crippen LogP contribution in [0.15, 0.2) is 0 Å². The third-order valence-electron chi connectivity index (χ3n) is 3.78. The summed E-state index contributed by atoms with van der Waals surface area (Å²) < 4.78 is 0. The fourth-order valence-electron chi connectivity index (χ4n) is 2.62. The molecular weight excluding hydrogens is 240 g/mol. The number of unbranched alkanes of at least 4 members (excludes halogenated alkanes) is 5. The Hall–Kier alpha value is -1.06. The first-order valence-electron chi connectivity index (χ1n) is 7.77. The normalized spacial score (nSPS) is 19.4. The van der Waals surface area contributed by atoms with Gasteiger partial charge in [0.25, 0.3) is 0 Å². The molecule has 1 rings (SSSR count). The van der Waals surface area contributed by atoms with E-state index in [4.69, 9.17) is 0 Å². The van der Waals surface area contributed by atoms with Crippen molar-refractivity contribution in [2.24, 2.45) is 0 Å². The molecule has 0 bridgehead atoms. The van der Waals surface area contributed by atoms with E-state index in [0.29, 0.717) is 25.9 Å². The van der Waals surface area contributed by atoms with Gasteiger partial charge in [0.05, 0.1) is 0 Å². The zero-order valence-electron chi connectivity index (χ0n) is 12.4. The molecule has 2 amide bonds. The molecule has 1 fully saturated rings. The van der Waals surface area contributed by atoms with Crippen molar-refractivity contribution in [2.75, 3.05) is 13.1 Å². The van der Waals surface area contributed by atoms with E-state index in [2.05, 4.69) is 12.2 Å². The molecule has 1 aliphatic rings. The summed E-state index contributed by atoms with van der Waals surface area (Å²) in [6.07, 6.45) is 8.41. The maximum atomic E-state index is 12.1. The lowest BCUT2D eigenvalue weighted by Crippen LogP contribution is -2.56. The molecule has 0 spiro atoms. The topological polar surface area (TPSA) is 49.4 Å². The Labute approximate surface area is 116 Å². The predicted octanol–water partition coefficient (Wildman–Crippen LogP) is 2.47. The van der Waals surface area contributed by atoms with Crippen molar-refractivity contribution >= 4 is 11.8 Å². The molecule has 1 heterocycles. The van der Waals surface area contributed by atoms with Crippen LogP contribution in [0.3, 0.4) is 0 Å². The lowest BCUT2D eigenvalue weighted by molar-refractivity contribution is -0.143. The lowest BCUT2D eigenvalue weighted by atomic mass is 10.1. The summed E-state index contributed by atoms with van der Waals surface area (Å²) in [6, 6.07) is -0.249. The quantitative estimate of drug-likeness (QED) is 0.688. The zero-order chi connectivity index (χ0) is 14.1. The molecule has 1 N–H and O–H groups in total. The van der Waals surface area contributed by atoms with Crippen molar-refractivity contribution in [1.29, 1.82) is 0 Å². The molecule has 4 heteroatoms. The predicted molar refractivity (Wildman–Crippen MR) is 76.8 cm³/mol. The second kappa shape index (κ2) is 8.94. The first-order chi connectivity index (χ1) is 9.20. The van der Waals surface area contributed by atoms with Crippen molar-refractivity contribution in [3.05, 3.63) is 0 Å². The zero-order valence-corrected chi connectivity index (χ0v) is 12.4. The number of amides is 2. The highest BCUT2D eigenvalue weighted by atomic mass is 16.2. The van der Waals surface area contributed by atoms with E-state index in [1.807, 2.05) is 6.92 Å². The van der Waals surface area contributed by atoms with E-state index >= 15 is 0 Å². The number of hydrogen-bond donors (Lipinski definition) is 1. The number of rotatable bonds is 8.